The molecule has 3 aromatic rings. The average molecular weight is 583 g/mol. The SMILES string of the molecule is Cn1c(=O)ccc2ccc(F)c(CCN(CC[C@@H]3CN(c4cnc5c(n4)NC(=O)CO5)C(=O)O3)C(=O)OC(C)(C)C)c21. The van der Waals surface area contributed by atoms with E-state index in [1.54, 1.807) is 40.0 Å². The number of hydrogen-bond donors (Lipinski definition) is 1. The van der Waals surface area contributed by atoms with Crippen LogP contribution in [0.15, 0.2) is 35.3 Å². The number of rotatable bonds is 7. The molecule has 0 bridgehead atoms. The molecule has 2 aliphatic rings. The molecule has 222 valence electrons. The number of carbonyl (C=O) groups is 3. The number of aryl methyl sites for hydroxylation is 1. The number of halogens is 1. The molecule has 1 saturated heterocycles. The Morgan fingerprint density at radius 1 is 1.19 bits per heavy atom. The van der Waals surface area contributed by atoms with Gasteiger partial charge in [-0.1, -0.05) is 0 Å². The number of hydrogen-bond acceptors (Lipinski definition) is 9. The summed E-state index contributed by atoms with van der Waals surface area (Å²) in [6.07, 6.45) is -0.125. The van der Waals surface area contributed by atoms with E-state index < -0.39 is 29.7 Å². The second-order valence-electron chi connectivity index (χ2n) is 11.0. The highest BCUT2D eigenvalue weighted by Gasteiger charge is 2.35. The standard InChI is InChI=1S/C28H31FN6O7/c1-28(2,3)42-26(38)34(12-10-18-19(29)7-5-16-6-8-22(37)33(4)23(16)18)11-9-17-14-35(27(39)41-17)20-13-30-25-24(31-20)32-21(36)15-40-25/h5-8,13,17H,9-12,14-15H2,1-4H3,(H,31,32,36)/t17-/m1/s1. The zero-order chi connectivity index (χ0) is 30.2. The molecule has 0 aliphatic carbocycles. The lowest BCUT2D eigenvalue weighted by molar-refractivity contribution is -0.118. The predicted octanol–water partition coefficient (Wildman–Crippen LogP) is 2.99. The molecule has 42 heavy (non-hydrogen) atoms. The van der Waals surface area contributed by atoms with Gasteiger partial charge in [-0.2, -0.15) is 0 Å². The molecule has 13 nitrogen and oxygen atoms in total. The highest BCUT2D eigenvalue weighted by Crippen LogP contribution is 2.28. The third-order valence-electron chi connectivity index (χ3n) is 6.81. The molecule has 3 amide bonds. The second kappa shape index (κ2) is 11.3. The summed E-state index contributed by atoms with van der Waals surface area (Å²) >= 11 is 0. The summed E-state index contributed by atoms with van der Waals surface area (Å²) < 4.78 is 32.7. The zero-order valence-electron chi connectivity index (χ0n) is 23.7. The number of ether oxygens (including phenoxy) is 3. The van der Waals surface area contributed by atoms with Gasteiger partial charge in [-0.25, -0.2) is 23.9 Å². The first-order chi connectivity index (χ1) is 19.9. The number of nitrogens with zero attached hydrogens (tertiary/aromatic N) is 5. The van der Waals surface area contributed by atoms with Crippen molar-refractivity contribution in [3.8, 4) is 5.88 Å². The first-order valence-corrected chi connectivity index (χ1v) is 13.4. The maximum atomic E-state index is 15.0. The van der Waals surface area contributed by atoms with E-state index in [1.807, 2.05) is 0 Å². The van der Waals surface area contributed by atoms with Crippen molar-refractivity contribution in [1.29, 1.82) is 0 Å². The normalized spacial score (nSPS) is 16.5. The molecule has 5 rings (SSSR count). The molecule has 14 heteroatoms. The van der Waals surface area contributed by atoms with Gasteiger partial charge in [0.25, 0.3) is 17.3 Å². The minimum absolute atomic E-state index is 0.0917. The molecular formula is C28H31FN6O7. The predicted molar refractivity (Wildman–Crippen MR) is 149 cm³/mol. The van der Waals surface area contributed by atoms with Crippen LogP contribution < -0.4 is 20.5 Å². The lowest BCUT2D eigenvalue weighted by atomic mass is 10.1. The molecule has 1 atom stereocenters. The lowest BCUT2D eigenvalue weighted by Crippen LogP contribution is -2.40. The van der Waals surface area contributed by atoms with Crippen molar-refractivity contribution >= 4 is 40.6 Å². The number of amides is 3. The van der Waals surface area contributed by atoms with Gasteiger partial charge in [-0.15, -0.1) is 0 Å². The van der Waals surface area contributed by atoms with Crippen LogP contribution in [-0.2, 0) is 27.7 Å². The summed E-state index contributed by atoms with van der Waals surface area (Å²) in [5.41, 5.74) is -0.281. The number of aromatic nitrogens is 3. The fourth-order valence-corrected chi connectivity index (χ4v) is 4.80. The average Bonchev–Trinajstić information content (AvgIpc) is 3.30. The summed E-state index contributed by atoms with van der Waals surface area (Å²) in [4.78, 5) is 60.8. The van der Waals surface area contributed by atoms with Crippen molar-refractivity contribution in [3.63, 3.8) is 0 Å². The lowest BCUT2D eigenvalue weighted by Gasteiger charge is -2.28. The second-order valence-corrected chi connectivity index (χ2v) is 11.0. The number of pyridine rings is 1. The Kier molecular flexibility index (Phi) is 7.71. The minimum Gasteiger partial charge on any atom is -0.465 e. The van der Waals surface area contributed by atoms with E-state index in [1.165, 1.54) is 32.7 Å². The molecule has 1 fully saturated rings. The van der Waals surface area contributed by atoms with Crippen LogP contribution in [0.1, 0.15) is 32.8 Å². The maximum absolute atomic E-state index is 15.0. The van der Waals surface area contributed by atoms with Crippen LogP contribution in [0.3, 0.4) is 0 Å². The van der Waals surface area contributed by atoms with Gasteiger partial charge in [0.05, 0.1) is 18.3 Å². The molecule has 2 aromatic heterocycles. The first-order valence-electron chi connectivity index (χ1n) is 13.4. The fraction of sp³-hybridized carbons (Fsp3) is 0.429. The number of anilines is 2. The van der Waals surface area contributed by atoms with Crippen molar-refractivity contribution in [1.82, 2.24) is 19.4 Å². The van der Waals surface area contributed by atoms with E-state index in [4.69, 9.17) is 14.2 Å². The number of carbonyl (C=O) groups excluding carboxylic acids is 3. The topological polar surface area (TPSA) is 145 Å². The van der Waals surface area contributed by atoms with Crippen molar-refractivity contribution < 1.29 is 33.0 Å². The van der Waals surface area contributed by atoms with Crippen LogP contribution in [0.25, 0.3) is 10.9 Å². The Morgan fingerprint density at radius 2 is 1.95 bits per heavy atom. The van der Waals surface area contributed by atoms with Gasteiger partial charge in [0, 0.05) is 38.2 Å². The summed E-state index contributed by atoms with van der Waals surface area (Å²) in [6, 6.07) is 6.00. The quantitative estimate of drug-likeness (QED) is 0.444. The molecule has 0 radical (unpaired) electrons. The van der Waals surface area contributed by atoms with Gasteiger partial charge < -0.3 is 29.0 Å². The van der Waals surface area contributed by atoms with E-state index in [0.29, 0.717) is 16.5 Å². The minimum atomic E-state index is -0.773. The van der Waals surface area contributed by atoms with Crippen LogP contribution in [0, 0.1) is 5.82 Å². The van der Waals surface area contributed by atoms with Gasteiger partial charge in [-0.3, -0.25) is 14.5 Å². The van der Waals surface area contributed by atoms with Crippen molar-refractivity contribution in [2.45, 2.75) is 45.3 Å². The van der Waals surface area contributed by atoms with E-state index in [-0.39, 0.29) is 68.1 Å². The molecule has 0 unspecified atom stereocenters. The number of benzene rings is 1. The van der Waals surface area contributed by atoms with Crippen LogP contribution in [0.2, 0.25) is 0 Å². The molecule has 4 heterocycles. The highest BCUT2D eigenvalue weighted by molar-refractivity contribution is 5.94. The number of nitrogens with one attached hydrogen (secondary N) is 1. The summed E-state index contributed by atoms with van der Waals surface area (Å²) in [7, 11) is 1.58. The molecular weight excluding hydrogens is 551 g/mol. The van der Waals surface area contributed by atoms with Crippen molar-refractivity contribution in [2.75, 3.05) is 36.5 Å². The number of fused-ring (bicyclic) bond motifs is 2. The van der Waals surface area contributed by atoms with Crippen LogP contribution in [-0.4, -0.2) is 75.5 Å². The van der Waals surface area contributed by atoms with Crippen LogP contribution in [0.5, 0.6) is 5.88 Å². The summed E-state index contributed by atoms with van der Waals surface area (Å²) in [5, 5.41) is 3.25. The molecule has 1 N–H and O–H groups in total. The van der Waals surface area contributed by atoms with Gasteiger partial charge in [0.1, 0.15) is 17.5 Å². The zero-order valence-corrected chi connectivity index (χ0v) is 23.7. The van der Waals surface area contributed by atoms with Crippen molar-refractivity contribution in [2.24, 2.45) is 7.05 Å². The third kappa shape index (κ3) is 6.11. The molecule has 2 aliphatic heterocycles. The van der Waals surface area contributed by atoms with Gasteiger partial charge in [-0.05, 0) is 50.8 Å². The number of cyclic esters (lactones) is 1. The monoisotopic (exact) mass is 582 g/mol. The Balaban J connectivity index is 1.30. The largest absolute Gasteiger partial charge is 0.465 e. The van der Waals surface area contributed by atoms with Crippen molar-refractivity contribution in [3.05, 3.63) is 52.2 Å². The first kappa shape index (κ1) is 28.8. The van der Waals surface area contributed by atoms with Gasteiger partial charge in [0.2, 0.25) is 0 Å². The molecule has 1 aromatic carbocycles. The summed E-state index contributed by atoms with van der Waals surface area (Å²) in [6.45, 7) is 5.42. The Morgan fingerprint density at radius 3 is 2.71 bits per heavy atom. The fourth-order valence-electron chi connectivity index (χ4n) is 4.80. The van der Waals surface area contributed by atoms with E-state index >= 15 is 4.39 Å². The van der Waals surface area contributed by atoms with E-state index in [2.05, 4.69) is 15.3 Å². The smallest absolute Gasteiger partial charge is 0.415 e. The Hall–Kier alpha value is -4.75. The molecule has 0 spiro atoms. The van der Waals surface area contributed by atoms with Gasteiger partial charge in [0.15, 0.2) is 18.2 Å². The maximum Gasteiger partial charge on any atom is 0.415 e. The van der Waals surface area contributed by atoms with E-state index in [9.17, 15) is 19.2 Å². The van der Waals surface area contributed by atoms with Gasteiger partial charge >= 0.3 is 12.2 Å². The Labute approximate surface area is 240 Å². The Bertz CT molecular complexity index is 1620. The third-order valence-corrected chi connectivity index (χ3v) is 6.81. The highest BCUT2D eigenvalue weighted by atomic mass is 19.1. The van der Waals surface area contributed by atoms with Crippen LogP contribution in [0.4, 0.5) is 25.6 Å². The van der Waals surface area contributed by atoms with E-state index in [0.717, 1.165) is 0 Å². The summed E-state index contributed by atoms with van der Waals surface area (Å²) in [5.74, 6) is -0.440. The molecule has 0 saturated carbocycles. The van der Waals surface area contributed by atoms with Crippen LogP contribution >= 0.6 is 0 Å².